The molecule has 124 valence electrons. The van der Waals surface area contributed by atoms with Gasteiger partial charge < -0.3 is 9.30 Å². The molecule has 6 heteroatoms. The maximum atomic E-state index is 5.74. The lowest BCUT2D eigenvalue weighted by Gasteiger charge is -2.16. The normalized spacial score (nSPS) is 14.5. The monoisotopic (exact) mass is 332 g/mol. The highest BCUT2D eigenvalue weighted by Gasteiger charge is 2.14. The van der Waals surface area contributed by atoms with Gasteiger partial charge in [-0.1, -0.05) is 24.6 Å². The lowest BCUT2D eigenvalue weighted by molar-refractivity contribution is 0.197. The molecule has 1 aromatic carbocycles. The van der Waals surface area contributed by atoms with E-state index in [1.165, 1.54) is 19.3 Å². The Bertz CT molecular complexity index is 680. The fraction of sp³-hybridized carbons (Fsp3) is 0.529. The van der Waals surface area contributed by atoms with E-state index in [4.69, 9.17) is 22.1 Å². The van der Waals surface area contributed by atoms with Crippen LogP contribution in [-0.4, -0.2) is 39.4 Å². The van der Waals surface area contributed by atoms with E-state index in [2.05, 4.69) is 16.5 Å². The standard InChI is InChI=1S/C17H24N4OS/c1-19(12-13-22-15-8-4-2-5-9-15)14-21-17(23)20-11-7-3-6-10-16(20)18-21/h2,4-5,8-9H,3,6-7,10-14H2,1H3. The Hall–Kier alpha value is -1.66. The molecule has 0 unspecified atom stereocenters. The van der Waals surface area contributed by atoms with Crippen molar-refractivity contribution in [2.45, 2.75) is 38.9 Å². The molecule has 2 aromatic rings. The fourth-order valence-electron chi connectivity index (χ4n) is 2.85. The molecule has 1 aliphatic rings. The number of ether oxygens (including phenoxy) is 1. The van der Waals surface area contributed by atoms with Crippen LogP contribution in [0.2, 0.25) is 0 Å². The fourth-order valence-corrected chi connectivity index (χ4v) is 3.15. The molecule has 0 amide bonds. The maximum Gasteiger partial charge on any atom is 0.199 e. The Morgan fingerprint density at radius 2 is 2.04 bits per heavy atom. The van der Waals surface area contributed by atoms with Crippen LogP contribution in [0.3, 0.4) is 0 Å². The van der Waals surface area contributed by atoms with Gasteiger partial charge in [0.15, 0.2) is 4.77 Å². The van der Waals surface area contributed by atoms with Crippen molar-refractivity contribution in [1.29, 1.82) is 0 Å². The van der Waals surface area contributed by atoms with E-state index in [-0.39, 0.29) is 0 Å². The number of nitrogens with zero attached hydrogens (tertiary/aromatic N) is 4. The summed E-state index contributed by atoms with van der Waals surface area (Å²) in [6.07, 6.45) is 4.73. The van der Waals surface area contributed by atoms with E-state index >= 15 is 0 Å². The quantitative estimate of drug-likeness (QED) is 0.762. The molecule has 1 aliphatic heterocycles. The minimum Gasteiger partial charge on any atom is -0.492 e. The molecule has 0 fully saturated rings. The van der Waals surface area contributed by atoms with Crippen LogP contribution in [0.1, 0.15) is 25.1 Å². The van der Waals surface area contributed by atoms with Crippen molar-refractivity contribution >= 4 is 12.2 Å². The molecule has 1 aromatic heterocycles. The maximum absolute atomic E-state index is 5.74. The summed E-state index contributed by atoms with van der Waals surface area (Å²) in [6.45, 7) is 3.20. The SMILES string of the molecule is CN(CCOc1ccccc1)Cn1nc2n(c1=S)CCCCC2. The molecule has 0 bridgehead atoms. The summed E-state index contributed by atoms with van der Waals surface area (Å²) in [5.41, 5.74) is 0. The molecule has 0 spiro atoms. The topological polar surface area (TPSA) is 35.2 Å². The molecule has 0 atom stereocenters. The van der Waals surface area contributed by atoms with Crippen LogP contribution in [0.15, 0.2) is 30.3 Å². The summed E-state index contributed by atoms with van der Waals surface area (Å²) in [4.78, 5) is 2.19. The predicted molar refractivity (Wildman–Crippen MR) is 93.2 cm³/mol. The second-order valence-electron chi connectivity index (χ2n) is 6.04. The van der Waals surface area contributed by atoms with Gasteiger partial charge in [-0.2, -0.15) is 5.10 Å². The zero-order valence-corrected chi connectivity index (χ0v) is 14.5. The van der Waals surface area contributed by atoms with Gasteiger partial charge in [-0.05, 0) is 44.2 Å². The number of benzene rings is 1. The Morgan fingerprint density at radius 1 is 1.22 bits per heavy atom. The first-order valence-corrected chi connectivity index (χ1v) is 8.68. The van der Waals surface area contributed by atoms with Gasteiger partial charge in [0.2, 0.25) is 0 Å². The Kier molecular flexibility index (Phi) is 5.46. The number of hydrogen-bond acceptors (Lipinski definition) is 4. The third kappa shape index (κ3) is 4.20. The molecule has 0 saturated heterocycles. The van der Waals surface area contributed by atoms with Crippen molar-refractivity contribution in [1.82, 2.24) is 19.2 Å². The highest BCUT2D eigenvalue weighted by molar-refractivity contribution is 7.71. The number of aromatic nitrogens is 3. The summed E-state index contributed by atoms with van der Waals surface area (Å²) in [7, 11) is 2.07. The van der Waals surface area contributed by atoms with Crippen LogP contribution in [0.5, 0.6) is 5.75 Å². The van der Waals surface area contributed by atoms with Crippen molar-refractivity contribution in [3.8, 4) is 5.75 Å². The smallest absolute Gasteiger partial charge is 0.199 e. The molecule has 23 heavy (non-hydrogen) atoms. The number of fused-ring (bicyclic) bond motifs is 1. The highest BCUT2D eigenvalue weighted by Crippen LogP contribution is 2.14. The van der Waals surface area contributed by atoms with Crippen molar-refractivity contribution < 1.29 is 4.74 Å². The third-order valence-corrected chi connectivity index (χ3v) is 4.57. The number of rotatable bonds is 6. The first-order chi connectivity index (χ1) is 11.2. The van der Waals surface area contributed by atoms with Crippen LogP contribution in [0, 0.1) is 4.77 Å². The van der Waals surface area contributed by atoms with Gasteiger partial charge >= 0.3 is 0 Å². The van der Waals surface area contributed by atoms with E-state index in [0.717, 1.165) is 35.9 Å². The van der Waals surface area contributed by atoms with Crippen LogP contribution in [0.4, 0.5) is 0 Å². The van der Waals surface area contributed by atoms with Gasteiger partial charge in [0.25, 0.3) is 0 Å². The van der Waals surface area contributed by atoms with Gasteiger partial charge in [0.05, 0.1) is 6.67 Å². The average molecular weight is 332 g/mol. The predicted octanol–water partition coefficient (Wildman–Crippen LogP) is 3.11. The first kappa shape index (κ1) is 16.2. The molecule has 2 heterocycles. The first-order valence-electron chi connectivity index (χ1n) is 8.27. The van der Waals surface area contributed by atoms with Gasteiger partial charge in [0.1, 0.15) is 18.2 Å². The van der Waals surface area contributed by atoms with Crippen molar-refractivity contribution in [3.05, 3.63) is 40.9 Å². The molecular formula is C17H24N4OS. The lowest BCUT2D eigenvalue weighted by Crippen LogP contribution is -2.27. The molecule has 3 rings (SSSR count). The third-order valence-electron chi connectivity index (χ3n) is 4.14. The van der Waals surface area contributed by atoms with Gasteiger partial charge in [-0.3, -0.25) is 4.90 Å². The molecule has 0 saturated carbocycles. The lowest BCUT2D eigenvalue weighted by atomic mass is 10.2. The van der Waals surface area contributed by atoms with E-state index in [0.29, 0.717) is 13.3 Å². The van der Waals surface area contributed by atoms with Crippen molar-refractivity contribution in [3.63, 3.8) is 0 Å². The molecule has 0 radical (unpaired) electrons. The Labute approximate surface area is 142 Å². The molecule has 0 N–H and O–H groups in total. The Balaban J connectivity index is 1.54. The minimum atomic E-state index is 0.654. The zero-order chi connectivity index (χ0) is 16.1. The van der Waals surface area contributed by atoms with Crippen LogP contribution in [0.25, 0.3) is 0 Å². The summed E-state index contributed by atoms with van der Waals surface area (Å²) in [5, 5.41) is 4.71. The van der Waals surface area contributed by atoms with E-state index in [9.17, 15) is 0 Å². The second-order valence-corrected chi connectivity index (χ2v) is 6.41. The Morgan fingerprint density at radius 3 is 2.87 bits per heavy atom. The molecule has 0 aliphatic carbocycles. The van der Waals surface area contributed by atoms with Crippen molar-refractivity contribution in [2.75, 3.05) is 20.2 Å². The minimum absolute atomic E-state index is 0.654. The summed E-state index contributed by atoms with van der Waals surface area (Å²) in [5.74, 6) is 2.05. The van der Waals surface area contributed by atoms with Gasteiger partial charge in [-0.25, -0.2) is 4.68 Å². The second kappa shape index (κ2) is 7.75. The molecule has 5 nitrogen and oxygen atoms in total. The average Bonchev–Trinajstić information content (AvgIpc) is 2.74. The van der Waals surface area contributed by atoms with Crippen LogP contribution < -0.4 is 4.74 Å². The van der Waals surface area contributed by atoms with Crippen LogP contribution >= 0.6 is 12.2 Å². The molecular weight excluding hydrogens is 308 g/mol. The van der Waals surface area contributed by atoms with E-state index < -0.39 is 0 Å². The zero-order valence-electron chi connectivity index (χ0n) is 13.6. The van der Waals surface area contributed by atoms with E-state index in [1.807, 2.05) is 35.0 Å². The number of hydrogen-bond donors (Lipinski definition) is 0. The van der Waals surface area contributed by atoms with Crippen LogP contribution in [-0.2, 0) is 19.6 Å². The highest BCUT2D eigenvalue weighted by atomic mass is 32.1. The summed E-state index contributed by atoms with van der Waals surface area (Å²) >= 11 is 5.59. The largest absolute Gasteiger partial charge is 0.492 e. The number of likely N-dealkylation sites (N-methyl/N-ethyl adjacent to an activating group) is 1. The van der Waals surface area contributed by atoms with Crippen molar-refractivity contribution in [2.24, 2.45) is 0 Å². The summed E-state index contributed by atoms with van der Waals surface area (Å²) in [6, 6.07) is 9.90. The summed E-state index contributed by atoms with van der Waals surface area (Å²) < 4.78 is 10.7. The van der Waals surface area contributed by atoms with Gasteiger partial charge in [-0.15, -0.1) is 0 Å². The van der Waals surface area contributed by atoms with E-state index in [1.54, 1.807) is 0 Å². The van der Waals surface area contributed by atoms with Gasteiger partial charge in [0, 0.05) is 19.5 Å². The number of aryl methyl sites for hydroxylation is 1. The number of para-hydroxylation sites is 1.